The maximum atomic E-state index is 12.7. The Morgan fingerprint density at radius 1 is 1.44 bits per heavy atom. The van der Waals surface area contributed by atoms with Gasteiger partial charge in [-0.3, -0.25) is 4.79 Å². The van der Waals surface area contributed by atoms with E-state index in [4.69, 9.17) is 0 Å². The molecule has 3 heterocycles. The second-order valence-electron chi connectivity index (χ2n) is 6.80. The smallest absolute Gasteiger partial charge is 0.252 e. The van der Waals surface area contributed by atoms with Crippen LogP contribution in [0.1, 0.15) is 17.7 Å². The van der Waals surface area contributed by atoms with Crippen molar-refractivity contribution in [2.75, 3.05) is 32.7 Å². The molecule has 0 aromatic carbocycles. The minimum absolute atomic E-state index is 0.0153. The Morgan fingerprint density at radius 2 is 2.24 bits per heavy atom. The fraction of sp³-hybridized carbons (Fsp3) is 0.688. The number of hydrogen-bond donors (Lipinski definition) is 3. The van der Waals surface area contributed by atoms with Crippen molar-refractivity contribution in [2.45, 2.75) is 30.1 Å². The van der Waals surface area contributed by atoms with E-state index < -0.39 is 16.1 Å². The predicted molar refractivity (Wildman–Crippen MR) is 95.9 cm³/mol. The minimum atomic E-state index is -3.53. The van der Waals surface area contributed by atoms with Crippen molar-refractivity contribution < 1.29 is 18.3 Å². The van der Waals surface area contributed by atoms with Gasteiger partial charge in [-0.2, -0.15) is 4.31 Å². The van der Waals surface area contributed by atoms with Gasteiger partial charge in [0.05, 0.1) is 12.0 Å². The molecule has 25 heavy (non-hydrogen) atoms. The van der Waals surface area contributed by atoms with Crippen LogP contribution in [0.15, 0.2) is 16.3 Å². The fourth-order valence-electron chi connectivity index (χ4n) is 3.36. The zero-order chi connectivity index (χ0) is 18.0. The molecule has 2 fully saturated rings. The number of rotatable bonds is 5. The monoisotopic (exact) mass is 387 g/mol. The predicted octanol–water partition coefficient (Wildman–Crippen LogP) is 0.154. The maximum Gasteiger partial charge on any atom is 0.252 e. The van der Waals surface area contributed by atoms with Crippen LogP contribution in [0.25, 0.3) is 0 Å². The van der Waals surface area contributed by atoms with E-state index in [0.717, 1.165) is 4.88 Å². The molecule has 1 amide bonds. The molecule has 0 spiro atoms. The van der Waals surface area contributed by atoms with Crippen molar-refractivity contribution in [3.8, 4) is 0 Å². The van der Waals surface area contributed by atoms with Crippen molar-refractivity contribution in [1.29, 1.82) is 0 Å². The number of amides is 1. The normalized spacial score (nSPS) is 28.2. The Bertz CT molecular complexity index is 719. The van der Waals surface area contributed by atoms with Gasteiger partial charge in [0.15, 0.2) is 0 Å². The molecule has 1 aromatic rings. The first kappa shape index (κ1) is 18.8. The summed E-state index contributed by atoms with van der Waals surface area (Å²) in [6, 6.07) is 3.43. The molecule has 3 N–H and O–H groups in total. The molecule has 0 saturated carbocycles. The Hall–Kier alpha value is -1.00. The summed E-state index contributed by atoms with van der Waals surface area (Å²) >= 11 is 1.26. The summed E-state index contributed by atoms with van der Waals surface area (Å²) in [4.78, 5) is 13.4. The highest BCUT2D eigenvalue weighted by atomic mass is 32.2. The summed E-state index contributed by atoms with van der Waals surface area (Å²) in [6.07, 6.45) is 0.924. The maximum absolute atomic E-state index is 12.7. The van der Waals surface area contributed by atoms with Gasteiger partial charge in [-0.15, -0.1) is 11.3 Å². The van der Waals surface area contributed by atoms with E-state index in [9.17, 15) is 18.3 Å². The van der Waals surface area contributed by atoms with Crippen LogP contribution in [0.4, 0.5) is 0 Å². The summed E-state index contributed by atoms with van der Waals surface area (Å²) in [7, 11) is -3.53. The zero-order valence-electron chi connectivity index (χ0n) is 14.3. The van der Waals surface area contributed by atoms with Crippen molar-refractivity contribution in [1.82, 2.24) is 14.9 Å². The molecule has 3 rings (SSSR count). The number of β-amino-alcohol motifs (C(OH)–C–C–N with tert-alkyl or cyclic N) is 1. The van der Waals surface area contributed by atoms with Gasteiger partial charge in [0.25, 0.3) is 10.0 Å². The van der Waals surface area contributed by atoms with Crippen LogP contribution >= 0.6 is 11.3 Å². The molecule has 0 aliphatic carbocycles. The molecule has 2 aliphatic heterocycles. The Kier molecular flexibility index (Phi) is 5.79. The van der Waals surface area contributed by atoms with Crippen molar-refractivity contribution in [3.63, 3.8) is 0 Å². The summed E-state index contributed by atoms with van der Waals surface area (Å²) in [6.45, 7) is 4.20. The van der Waals surface area contributed by atoms with Gasteiger partial charge in [0, 0.05) is 43.5 Å². The van der Waals surface area contributed by atoms with Crippen LogP contribution in [0.5, 0.6) is 0 Å². The second-order valence-corrected chi connectivity index (χ2v) is 10.3. The molecule has 3 unspecified atom stereocenters. The number of aliphatic hydroxyl groups is 1. The van der Waals surface area contributed by atoms with Crippen LogP contribution in [0.2, 0.25) is 0 Å². The highest BCUT2D eigenvalue weighted by Gasteiger charge is 2.34. The first-order chi connectivity index (χ1) is 11.9. The zero-order valence-corrected chi connectivity index (χ0v) is 15.9. The van der Waals surface area contributed by atoms with Crippen LogP contribution in [-0.4, -0.2) is 62.6 Å². The fourth-order valence-corrected chi connectivity index (χ4v) is 6.32. The number of aliphatic hydroxyl groups excluding tert-OH is 1. The van der Waals surface area contributed by atoms with Gasteiger partial charge >= 0.3 is 0 Å². The van der Waals surface area contributed by atoms with E-state index in [-0.39, 0.29) is 24.3 Å². The lowest BCUT2D eigenvalue weighted by molar-refractivity contribution is -0.126. The lowest BCUT2D eigenvalue weighted by Crippen LogP contribution is -2.46. The SMILES string of the molecule is Cc1ccc(S(=O)(=O)N2CCCC(C(=O)NCC3CNCC3O)C2)s1. The minimum Gasteiger partial charge on any atom is -0.391 e. The number of nitrogens with zero attached hydrogens (tertiary/aromatic N) is 1. The van der Waals surface area contributed by atoms with Crippen molar-refractivity contribution in [2.24, 2.45) is 11.8 Å². The average molecular weight is 388 g/mol. The standard InChI is InChI=1S/C16H25N3O4S2/c1-11-4-5-15(24-11)25(22,23)19-6-2-3-12(10-19)16(21)18-8-13-7-17-9-14(13)20/h4-5,12-14,17,20H,2-3,6-10H2,1H3,(H,18,21). The number of piperidine rings is 1. The lowest BCUT2D eigenvalue weighted by atomic mass is 9.98. The number of carbonyl (C=O) groups is 1. The van der Waals surface area contributed by atoms with E-state index in [2.05, 4.69) is 10.6 Å². The molecule has 0 radical (unpaired) electrons. The third kappa shape index (κ3) is 4.22. The van der Waals surface area contributed by atoms with Crippen LogP contribution in [0.3, 0.4) is 0 Å². The third-order valence-electron chi connectivity index (χ3n) is 4.91. The van der Waals surface area contributed by atoms with Crippen molar-refractivity contribution >= 4 is 27.3 Å². The van der Waals surface area contributed by atoms with Crippen LogP contribution in [-0.2, 0) is 14.8 Å². The Morgan fingerprint density at radius 3 is 2.88 bits per heavy atom. The summed E-state index contributed by atoms with van der Waals surface area (Å²) in [5.41, 5.74) is 0. The number of thiophene rings is 1. The van der Waals surface area contributed by atoms with E-state index in [1.165, 1.54) is 15.6 Å². The molecule has 140 valence electrons. The van der Waals surface area contributed by atoms with Gasteiger partial charge in [-0.25, -0.2) is 8.42 Å². The van der Waals surface area contributed by atoms with Gasteiger partial charge in [0.1, 0.15) is 4.21 Å². The number of aryl methyl sites for hydroxylation is 1. The molecule has 0 bridgehead atoms. The van der Waals surface area contributed by atoms with E-state index in [1.54, 1.807) is 12.1 Å². The van der Waals surface area contributed by atoms with E-state index in [1.807, 2.05) is 6.92 Å². The molecule has 3 atom stereocenters. The molecule has 7 nitrogen and oxygen atoms in total. The first-order valence-corrected chi connectivity index (χ1v) is 10.9. The third-order valence-corrected chi connectivity index (χ3v) is 8.24. The number of hydrogen-bond acceptors (Lipinski definition) is 6. The van der Waals surface area contributed by atoms with E-state index >= 15 is 0 Å². The number of sulfonamides is 1. The quantitative estimate of drug-likeness (QED) is 0.668. The highest BCUT2D eigenvalue weighted by molar-refractivity contribution is 7.91. The average Bonchev–Trinajstić information content (AvgIpc) is 3.21. The molecule has 1 aromatic heterocycles. The molecule has 2 aliphatic rings. The summed E-state index contributed by atoms with van der Waals surface area (Å²) in [5.74, 6) is -0.445. The van der Waals surface area contributed by atoms with Gasteiger partial charge < -0.3 is 15.7 Å². The van der Waals surface area contributed by atoms with Crippen LogP contribution < -0.4 is 10.6 Å². The largest absolute Gasteiger partial charge is 0.391 e. The van der Waals surface area contributed by atoms with Gasteiger partial charge in [-0.1, -0.05) is 0 Å². The van der Waals surface area contributed by atoms with Gasteiger partial charge in [-0.05, 0) is 31.9 Å². The van der Waals surface area contributed by atoms with Gasteiger partial charge in [0.2, 0.25) is 5.91 Å². The molecule has 2 saturated heterocycles. The molecular formula is C16H25N3O4S2. The molecular weight excluding hydrogens is 362 g/mol. The Labute approximate surface area is 152 Å². The van der Waals surface area contributed by atoms with Crippen molar-refractivity contribution in [3.05, 3.63) is 17.0 Å². The first-order valence-electron chi connectivity index (χ1n) is 8.61. The molecule has 9 heteroatoms. The van der Waals surface area contributed by atoms with Crippen LogP contribution in [0, 0.1) is 18.8 Å². The van der Waals surface area contributed by atoms with E-state index in [0.29, 0.717) is 43.2 Å². The lowest BCUT2D eigenvalue weighted by Gasteiger charge is -2.31. The highest BCUT2D eigenvalue weighted by Crippen LogP contribution is 2.28. The number of nitrogens with one attached hydrogen (secondary N) is 2. The number of carbonyl (C=O) groups excluding carboxylic acids is 1. The summed E-state index contributed by atoms with van der Waals surface area (Å²) < 4.78 is 27.3. The Balaban J connectivity index is 1.59. The summed E-state index contributed by atoms with van der Waals surface area (Å²) in [5, 5.41) is 15.8. The second kappa shape index (κ2) is 7.71. The topological polar surface area (TPSA) is 98.7 Å².